The molecule has 2 aliphatic rings. The number of amides is 2. The lowest BCUT2D eigenvalue weighted by Gasteiger charge is -2.47. The van der Waals surface area contributed by atoms with Crippen molar-refractivity contribution >= 4 is 11.8 Å². The van der Waals surface area contributed by atoms with Crippen molar-refractivity contribution in [2.24, 2.45) is 11.3 Å². The van der Waals surface area contributed by atoms with Crippen LogP contribution in [-0.4, -0.2) is 36.9 Å². The summed E-state index contributed by atoms with van der Waals surface area (Å²) in [6, 6.07) is 10.1. The number of imide groups is 1. The summed E-state index contributed by atoms with van der Waals surface area (Å²) in [6.07, 6.45) is 3.08. The van der Waals surface area contributed by atoms with Gasteiger partial charge in [0, 0.05) is 12.3 Å². The summed E-state index contributed by atoms with van der Waals surface area (Å²) in [5.74, 6) is -0.278. The first-order chi connectivity index (χ1) is 10.1. The van der Waals surface area contributed by atoms with E-state index in [1.54, 1.807) is 0 Å². The highest BCUT2D eigenvalue weighted by molar-refractivity contribution is 5.99. The second-order valence-corrected chi connectivity index (χ2v) is 6.50. The summed E-state index contributed by atoms with van der Waals surface area (Å²) >= 11 is 0. The number of piperidine rings is 2. The Hall–Kier alpha value is -1.68. The van der Waals surface area contributed by atoms with Gasteiger partial charge in [-0.15, -0.1) is 0 Å². The monoisotopic (exact) mass is 286 g/mol. The van der Waals surface area contributed by atoms with Gasteiger partial charge in [-0.25, -0.2) is 0 Å². The molecule has 2 amide bonds. The number of rotatable bonds is 2. The fraction of sp³-hybridized carbons (Fsp3) is 0.529. The zero-order valence-electron chi connectivity index (χ0n) is 12.5. The number of nitrogens with zero attached hydrogens (tertiary/aromatic N) is 1. The van der Waals surface area contributed by atoms with Crippen LogP contribution in [-0.2, 0) is 16.0 Å². The van der Waals surface area contributed by atoms with Crippen LogP contribution in [0.25, 0.3) is 0 Å². The van der Waals surface area contributed by atoms with Gasteiger partial charge in [0.15, 0.2) is 0 Å². The Kier molecular flexibility index (Phi) is 3.81. The Morgan fingerprint density at radius 1 is 1.19 bits per heavy atom. The zero-order chi connectivity index (χ0) is 14.9. The van der Waals surface area contributed by atoms with Crippen LogP contribution in [0.15, 0.2) is 30.3 Å². The molecule has 4 nitrogen and oxygen atoms in total. The molecule has 1 unspecified atom stereocenters. The number of hydrogen-bond acceptors (Lipinski definition) is 3. The van der Waals surface area contributed by atoms with Gasteiger partial charge in [0.2, 0.25) is 11.8 Å². The largest absolute Gasteiger partial charge is 0.306 e. The molecule has 1 N–H and O–H groups in total. The predicted molar refractivity (Wildman–Crippen MR) is 80.6 cm³/mol. The average molecular weight is 286 g/mol. The Morgan fingerprint density at radius 2 is 1.86 bits per heavy atom. The zero-order valence-corrected chi connectivity index (χ0v) is 12.5. The first kappa shape index (κ1) is 14.3. The molecular formula is C17H22N2O2. The van der Waals surface area contributed by atoms with Gasteiger partial charge < -0.3 is 4.90 Å². The molecule has 1 aromatic carbocycles. The molecule has 2 saturated heterocycles. The van der Waals surface area contributed by atoms with Crippen LogP contribution in [0.3, 0.4) is 0 Å². The van der Waals surface area contributed by atoms with E-state index in [-0.39, 0.29) is 23.1 Å². The molecular weight excluding hydrogens is 264 g/mol. The van der Waals surface area contributed by atoms with Crippen LogP contribution >= 0.6 is 0 Å². The lowest BCUT2D eigenvalue weighted by molar-refractivity contribution is -0.146. The average Bonchev–Trinajstić information content (AvgIpc) is 2.47. The van der Waals surface area contributed by atoms with E-state index in [9.17, 15) is 9.59 Å². The second kappa shape index (κ2) is 5.60. The summed E-state index contributed by atoms with van der Waals surface area (Å²) in [5.41, 5.74) is 1.02. The van der Waals surface area contributed by atoms with Crippen LogP contribution in [0, 0.1) is 11.3 Å². The van der Waals surface area contributed by atoms with Gasteiger partial charge >= 0.3 is 0 Å². The van der Waals surface area contributed by atoms with E-state index < -0.39 is 0 Å². The van der Waals surface area contributed by atoms with Crippen molar-refractivity contribution in [1.29, 1.82) is 0 Å². The van der Waals surface area contributed by atoms with Gasteiger partial charge in [-0.3, -0.25) is 14.9 Å². The number of hydrogen-bond donors (Lipinski definition) is 1. The summed E-state index contributed by atoms with van der Waals surface area (Å²) in [7, 11) is 2.10. The third-order valence-corrected chi connectivity index (χ3v) is 5.10. The van der Waals surface area contributed by atoms with Gasteiger partial charge in [0.25, 0.3) is 0 Å². The number of benzene rings is 1. The van der Waals surface area contributed by atoms with Gasteiger partial charge in [0.05, 0.1) is 0 Å². The quantitative estimate of drug-likeness (QED) is 0.840. The van der Waals surface area contributed by atoms with Crippen molar-refractivity contribution in [2.75, 3.05) is 20.1 Å². The first-order valence-corrected chi connectivity index (χ1v) is 7.65. The molecule has 0 saturated carbocycles. The van der Waals surface area contributed by atoms with Crippen molar-refractivity contribution < 1.29 is 9.59 Å². The van der Waals surface area contributed by atoms with Crippen LogP contribution in [0.1, 0.15) is 24.8 Å². The molecule has 0 aliphatic carbocycles. The maximum atomic E-state index is 12.4. The van der Waals surface area contributed by atoms with E-state index in [1.807, 2.05) is 18.2 Å². The molecule has 0 bridgehead atoms. The lowest BCUT2D eigenvalue weighted by Crippen LogP contribution is -2.56. The molecule has 1 atom stereocenters. The highest BCUT2D eigenvalue weighted by Crippen LogP contribution is 2.45. The van der Waals surface area contributed by atoms with Crippen molar-refractivity contribution in [1.82, 2.24) is 10.2 Å². The highest BCUT2D eigenvalue weighted by atomic mass is 16.2. The van der Waals surface area contributed by atoms with Crippen molar-refractivity contribution in [3.63, 3.8) is 0 Å². The third-order valence-electron chi connectivity index (χ3n) is 5.10. The molecule has 0 radical (unpaired) electrons. The molecule has 4 heteroatoms. The lowest BCUT2D eigenvalue weighted by atomic mass is 9.62. The third kappa shape index (κ3) is 2.86. The molecule has 3 rings (SSSR count). The minimum absolute atomic E-state index is 0.0837. The predicted octanol–water partition coefficient (Wildman–Crippen LogP) is 1.60. The second-order valence-electron chi connectivity index (χ2n) is 6.50. The standard InChI is InChI=1S/C17H22N2O2/c1-19-9-7-17(8-10-19)12-15(20)18-16(21)14(17)11-13-5-3-2-4-6-13/h2-6,14H,7-12H2,1H3,(H,18,20,21). The summed E-state index contributed by atoms with van der Waals surface area (Å²) < 4.78 is 0. The van der Waals surface area contributed by atoms with Crippen molar-refractivity contribution in [3.8, 4) is 0 Å². The molecule has 21 heavy (non-hydrogen) atoms. The minimum atomic E-state index is -0.151. The van der Waals surface area contributed by atoms with Crippen LogP contribution in [0.2, 0.25) is 0 Å². The number of carbonyl (C=O) groups excluding carboxylic acids is 2. The molecule has 2 heterocycles. The molecule has 1 spiro atoms. The van der Waals surface area contributed by atoms with Gasteiger partial charge in [-0.2, -0.15) is 0 Å². The Bertz CT molecular complexity index is 533. The Morgan fingerprint density at radius 3 is 2.52 bits per heavy atom. The van der Waals surface area contributed by atoms with Gasteiger partial charge in [-0.05, 0) is 50.4 Å². The number of nitrogens with one attached hydrogen (secondary N) is 1. The topological polar surface area (TPSA) is 49.4 Å². The van der Waals surface area contributed by atoms with Crippen molar-refractivity contribution in [2.45, 2.75) is 25.7 Å². The summed E-state index contributed by atoms with van der Waals surface area (Å²) in [6.45, 7) is 1.93. The number of likely N-dealkylation sites (tertiary alicyclic amines) is 1. The Labute approximate surface area is 125 Å². The molecule has 1 aromatic rings. The van der Waals surface area contributed by atoms with Crippen LogP contribution in [0.4, 0.5) is 0 Å². The van der Waals surface area contributed by atoms with Gasteiger partial charge in [0.1, 0.15) is 0 Å². The summed E-state index contributed by atoms with van der Waals surface area (Å²) in [4.78, 5) is 26.6. The highest BCUT2D eigenvalue weighted by Gasteiger charge is 2.49. The maximum Gasteiger partial charge on any atom is 0.230 e. The maximum absolute atomic E-state index is 12.4. The van der Waals surface area contributed by atoms with E-state index in [1.165, 1.54) is 5.56 Å². The van der Waals surface area contributed by atoms with E-state index in [0.717, 1.165) is 32.4 Å². The fourth-order valence-corrected chi connectivity index (χ4v) is 3.74. The van der Waals surface area contributed by atoms with E-state index in [4.69, 9.17) is 0 Å². The van der Waals surface area contributed by atoms with Crippen molar-refractivity contribution in [3.05, 3.63) is 35.9 Å². The fourth-order valence-electron chi connectivity index (χ4n) is 3.74. The molecule has 112 valence electrons. The minimum Gasteiger partial charge on any atom is -0.306 e. The van der Waals surface area contributed by atoms with E-state index in [2.05, 4.69) is 29.4 Å². The Balaban J connectivity index is 1.86. The molecule has 2 fully saturated rings. The van der Waals surface area contributed by atoms with Gasteiger partial charge in [-0.1, -0.05) is 30.3 Å². The van der Waals surface area contributed by atoms with Crippen LogP contribution < -0.4 is 5.32 Å². The normalized spacial score (nSPS) is 25.9. The summed E-state index contributed by atoms with van der Waals surface area (Å²) in [5, 5.41) is 2.54. The number of carbonyl (C=O) groups is 2. The van der Waals surface area contributed by atoms with E-state index in [0.29, 0.717) is 6.42 Å². The molecule has 2 aliphatic heterocycles. The smallest absolute Gasteiger partial charge is 0.230 e. The van der Waals surface area contributed by atoms with Crippen LogP contribution in [0.5, 0.6) is 0 Å². The SMILES string of the molecule is CN1CCC2(CC1)CC(=O)NC(=O)C2Cc1ccccc1. The first-order valence-electron chi connectivity index (χ1n) is 7.65. The van der Waals surface area contributed by atoms with E-state index >= 15 is 0 Å². The molecule has 0 aromatic heterocycles.